The normalized spacial score (nSPS) is 24.8. The van der Waals surface area contributed by atoms with E-state index in [0.29, 0.717) is 0 Å². The highest BCUT2D eigenvalue weighted by Crippen LogP contribution is 2.26. The van der Waals surface area contributed by atoms with Crippen molar-refractivity contribution in [2.24, 2.45) is 0 Å². The lowest BCUT2D eigenvalue weighted by Gasteiger charge is -2.35. The van der Waals surface area contributed by atoms with Crippen molar-refractivity contribution >= 4 is 5.97 Å². The Kier molecular flexibility index (Phi) is 2.96. The van der Waals surface area contributed by atoms with Gasteiger partial charge in [0.25, 0.3) is 0 Å². The Labute approximate surface area is 80.1 Å². The molecule has 3 nitrogen and oxygen atoms in total. The first-order valence-corrected chi connectivity index (χ1v) is 4.81. The van der Waals surface area contributed by atoms with E-state index in [1.165, 1.54) is 7.11 Å². The van der Waals surface area contributed by atoms with Crippen LogP contribution in [0.25, 0.3) is 0 Å². The quantitative estimate of drug-likeness (QED) is 0.579. The first kappa shape index (κ1) is 10.5. The molecule has 1 fully saturated rings. The topological polar surface area (TPSA) is 29.5 Å². The van der Waals surface area contributed by atoms with Crippen LogP contribution < -0.4 is 0 Å². The lowest BCUT2D eigenvalue weighted by Crippen LogP contribution is -2.48. The Morgan fingerprint density at radius 3 is 2.54 bits per heavy atom. The van der Waals surface area contributed by atoms with Gasteiger partial charge in [-0.05, 0) is 40.2 Å². The van der Waals surface area contributed by atoms with Gasteiger partial charge in [0, 0.05) is 5.54 Å². The number of rotatable bonds is 1. The zero-order valence-corrected chi connectivity index (χ0v) is 8.96. The first-order valence-electron chi connectivity index (χ1n) is 4.81. The van der Waals surface area contributed by atoms with Gasteiger partial charge in [0.15, 0.2) is 0 Å². The highest BCUT2D eigenvalue weighted by Gasteiger charge is 2.37. The third-order valence-electron chi connectivity index (χ3n) is 2.59. The number of carbonyl (C=O) groups is 1. The summed E-state index contributed by atoms with van der Waals surface area (Å²) in [4.78, 5) is 13.6. The maximum atomic E-state index is 11.4. The van der Waals surface area contributed by atoms with E-state index in [2.05, 4.69) is 25.7 Å². The van der Waals surface area contributed by atoms with Gasteiger partial charge in [-0.3, -0.25) is 9.69 Å². The van der Waals surface area contributed by atoms with Crippen molar-refractivity contribution in [2.75, 3.05) is 13.7 Å². The smallest absolute Gasteiger partial charge is 0.323 e. The van der Waals surface area contributed by atoms with Gasteiger partial charge in [0.2, 0.25) is 0 Å². The molecule has 0 spiro atoms. The molecule has 0 N–H and O–H groups in total. The van der Waals surface area contributed by atoms with Crippen molar-refractivity contribution in [3.8, 4) is 0 Å². The van der Waals surface area contributed by atoms with E-state index in [1.807, 2.05) is 0 Å². The molecule has 1 aliphatic rings. The van der Waals surface area contributed by atoms with Gasteiger partial charge in [-0.1, -0.05) is 0 Å². The molecule has 13 heavy (non-hydrogen) atoms. The average Bonchev–Trinajstić information content (AvgIpc) is 2.49. The molecular weight excluding hydrogens is 166 g/mol. The largest absolute Gasteiger partial charge is 0.468 e. The summed E-state index contributed by atoms with van der Waals surface area (Å²) in [6.45, 7) is 7.40. The monoisotopic (exact) mass is 185 g/mol. The van der Waals surface area contributed by atoms with Crippen LogP contribution in [0.3, 0.4) is 0 Å². The van der Waals surface area contributed by atoms with E-state index >= 15 is 0 Å². The van der Waals surface area contributed by atoms with Crippen LogP contribution >= 0.6 is 0 Å². The lowest BCUT2D eigenvalue weighted by molar-refractivity contribution is -0.147. The maximum absolute atomic E-state index is 11.4. The van der Waals surface area contributed by atoms with Crippen LogP contribution in [0.4, 0.5) is 0 Å². The van der Waals surface area contributed by atoms with Gasteiger partial charge in [0.05, 0.1) is 7.11 Å². The van der Waals surface area contributed by atoms with Crippen LogP contribution in [0.15, 0.2) is 0 Å². The minimum atomic E-state index is -0.0903. The molecule has 0 aromatic rings. The molecule has 1 aliphatic heterocycles. The summed E-state index contributed by atoms with van der Waals surface area (Å²) in [7, 11) is 1.46. The van der Waals surface area contributed by atoms with Crippen LogP contribution in [0.1, 0.15) is 33.6 Å². The first-order chi connectivity index (χ1) is 5.96. The van der Waals surface area contributed by atoms with Crippen molar-refractivity contribution < 1.29 is 9.53 Å². The Balaban J connectivity index is 2.70. The molecule has 0 amide bonds. The van der Waals surface area contributed by atoms with Gasteiger partial charge in [0.1, 0.15) is 6.04 Å². The molecule has 1 atom stereocenters. The fraction of sp³-hybridized carbons (Fsp3) is 0.900. The van der Waals surface area contributed by atoms with Crippen LogP contribution in [-0.2, 0) is 9.53 Å². The van der Waals surface area contributed by atoms with Gasteiger partial charge < -0.3 is 4.74 Å². The molecule has 0 aromatic carbocycles. The summed E-state index contributed by atoms with van der Waals surface area (Å²) in [5.74, 6) is -0.0903. The predicted octanol–water partition coefficient (Wildman–Crippen LogP) is 1.42. The second-order valence-electron chi connectivity index (χ2n) is 4.55. The molecule has 0 aliphatic carbocycles. The minimum absolute atomic E-state index is 0.0231. The molecule has 1 saturated heterocycles. The molecule has 0 aromatic heterocycles. The van der Waals surface area contributed by atoms with E-state index in [9.17, 15) is 4.79 Å². The maximum Gasteiger partial charge on any atom is 0.323 e. The predicted molar refractivity (Wildman–Crippen MR) is 51.5 cm³/mol. The van der Waals surface area contributed by atoms with Crippen molar-refractivity contribution in [1.82, 2.24) is 4.90 Å². The molecule has 0 saturated carbocycles. The summed E-state index contributed by atoms with van der Waals surface area (Å²) < 4.78 is 4.78. The van der Waals surface area contributed by atoms with E-state index in [1.54, 1.807) is 0 Å². The highest BCUT2D eigenvalue weighted by molar-refractivity contribution is 5.76. The summed E-state index contributed by atoms with van der Waals surface area (Å²) in [6, 6.07) is -0.0231. The number of methoxy groups -OCH3 is 1. The number of ether oxygens (including phenoxy) is 1. The van der Waals surface area contributed by atoms with Crippen LogP contribution in [0, 0.1) is 0 Å². The Morgan fingerprint density at radius 2 is 2.08 bits per heavy atom. The molecule has 0 radical (unpaired) electrons. The van der Waals surface area contributed by atoms with Crippen molar-refractivity contribution in [1.29, 1.82) is 0 Å². The van der Waals surface area contributed by atoms with Crippen LogP contribution in [-0.4, -0.2) is 36.1 Å². The zero-order chi connectivity index (χ0) is 10.1. The SMILES string of the molecule is COC(=O)[C@H]1CCCN1C(C)(C)C. The van der Waals surface area contributed by atoms with E-state index < -0.39 is 0 Å². The van der Waals surface area contributed by atoms with E-state index in [-0.39, 0.29) is 17.6 Å². The zero-order valence-electron chi connectivity index (χ0n) is 8.96. The van der Waals surface area contributed by atoms with Crippen molar-refractivity contribution in [2.45, 2.75) is 45.2 Å². The fourth-order valence-corrected chi connectivity index (χ4v) is 1.95. The summed E-state index contributed by atoms with van der Waals surface area (Å²) in [5.41, 5.74) is 0.0648. The van der Waals surface area contributed by atoms with Crippen LogP contribution in [0.5, 0.6) is 0 Å². The fourth-order valence-electron chi connectivity index (χ4n) is 1.95. The summed E-state index contributed by atoms with van der Waals surface area (Å²) in [6.07, 6.45) is 2.03. The van der Waals surface area contributed by atoms with E-state index in [0.717, 1.165) is 19.4 Å². The van der Waals surface area contributed by atoms with Crippen molar-refractivity contribution in [3.05, 3.63) is 0 Å². The second kappa shape index (κ2) is 3.66. The number of hydrogen-bond acceptors (Lipinski definition) is 3. The van der Waals surface area contributed by atoms with Crippen molar-refractivity contribution in [3.63, 3.8) is 0 Å². The molecule has 1 rings (SSSR count). The van der Waals surface area contributed by atoms with Gasteiger partial charge in [-0.25, -0.2) is 0 Å². The number of carbonyl (C=O) groups excluding carboxylic acids is 1. The Morgan fingerprint density at radius 1 is 1.46 bits per heavy atom. The second-order valence-corrected chi connectivity index (χ2v) is 4.55. The third kappa shape index (κ3) is 2.21. The molecule has 0 bridgehead atoms. The molecule has 76 valence electrons. The average molecular weight is 185 g/mol. The Bertz CT molecular complexity index is 196. The van der Waals surface area contributed by atoms with Gasteiger partial charge in [-0.2, -0.15) is 0 Å². The van der Waals surface area contributed by atoms with Gasteiger partial charge >= 0.3 is 5.97 Å². The summed E-state index contributed by atoms with van der Waals surface area (Å²) in [5, 5.41) is 0. The number of hydrogen-bond donors (Lipinski definition) is 0. The molecule has 1 heterocycles. The van der Waals surface area contributed by atoms with Gasteiger partial charge in [-0.15, -0.1) is 0 Å². The third-order valence-corrected chi connectivity index (χ3v) is 2.59. The number of esters is 1. The molecule has 3 heteroatoms. The van der Waals surface area contributed by atoms with Crippen LogP contribution in [0.2, 0.25) is 0 Å². The highest BCUT2D eigenvalue weighted by atomic mass is 16.5. The van der Waals surface area contributed by atoms with E-state index in [4.69, 9.17) is 4.74 Å². The molecular formula is C10H19NO2. The lowest BCUT2D eigenvalue weighted by atomic mass is 10.0. The molecule has 0 unspecified atom stereocenters. The number of nitrogens with zero attached hydrogens (tertiary/aromatic N) is 1. The summed E-state index contributed by atoms with van der Waals surface area (Å²) >= 11 is 0. The minimum Gasteiger partial charge on any atom is -0.468 e. The number of likely N-dealkylation sites (tertiary alicyclic amines) is 1. The standard InChI is InChI=1S/C10H19NO2/c1-10(2,3)11-7-5-6-8(11)9(12)13-4/h8H,5-7H2,1-4H3/t8-/m1/s1. The Hall–Kier alpha value is -0.570.